The average molecular weight is 280 g/mol. The fourth-order valence-electron chi connectivity index (χ4n) is 2.73. The minimum Gasteiger partial charge on any atom is -0.466 e. The van der Waals surface area contributed by atoms with Crippen LogP contribution < -0.4 is 11.1 Å². The van der Waals surface area contributed by atoms with Crippen molar-refractivity contribution >= 4 is 23.1 Å². The highest BCUT2D eigenvalue weighted by Gasteiger charge is 2.37. The second-order valence-electron chi connectivity index (χ2n) is 5.29. The molecule has 1 aliphatic carbocycles. The Labute approximate surface area is 118 Å². The maximum absolute atomic E-state index is 12.4. The van der Waals surface area contributed by atoms with Gasteiger partial charge in [0.2, 0.25) is 0 Å². The summed E-state index contributed by atoms with van der Waals surface area (Å²) in [6.45, 7) is 3.62. The van der Waals surface area contributed by atoms with Crippen molar-refractivity contribution in [1.29, 1.82) is 0 Å². The second-order valence-corrected chi connectivity index (χ2v) is 5.73. The normalized spacial score (nSPS) is 18.0. The van der Waals surface area contributed by atoms with Crippen molar-refractivity contribution in [3.63, 3.8) is 0 Å². The molecule has 104 valence electrons. The van der Waals surface area contributed by atoms with E-state index in [0.29, 0.717) is 16.3 Å². The second kappa shape index (κ2) is 5.33. The number of carbonyl (C=O) groups is 1. The van der Waals surface area contributed by atoms with Crippen LogP contribution in [-0.2, 0) is 0 Å². The summed E-state index contributed by atoms with van der Waals surface area (Å²) in [5.74, 6) is 1.21. The molecule has 1 aromatic heterocycles. The molecule has 1 heterocycles. The zero-order valence-corrected chi connectivity index (χ0v) is 12.2. The summed E-state index contributed by atoms with van der Waals surface area (Å²) in [6.07, 6.45) is 4.90. The number of hydrogen-bond acceptors (Lipinski definition) is 3. The molecular weight excluding hydrogens is 260 g/mol. The van der Waals surface area contributed by atoms with Crippen LogP contribution in [0.1, 0.15) is 54.0 Å². The smallest absolute Gasteiger partial charge is 0.255 e. The fraction of sp³-hybridized carbons (Fsp3) is 0.571. The number of amides is 1. The molecule has 0 aromatic carbocycles. The first kappa shape index (κ1) is 14.1. The number of thiocarbonyl (C=S) groups is 1. The Morgan fingerprint density at radius 2 is 2.00 bits per heavy atom. The number of nitrogens with one attached hydrogen (secondary N) is 1. The minimum atomic E-state index is -0.526. The third-order valence-electron chi connectivity index (χ3n) is 3.82. The highest BCUT2D eigenvalue weighted by atomic mass is 32.1. The Bertz CT molecular complexity index is 502. The largest absolute Gasteiger partial charge is 0.466 e. The molecule has 5 heteroatoms. The zero-order valence-electron chi connectivity index (χ0n) is 11.4. The van der Waals surface area contributed by atoms with Crippen molar-refractivity contribution in [3.8, 4) is 0 Å². The number of furan rings is 1. The molecule has 3 N–H and O–H groups in total. The van der Waals surface area contributed by atoms with E-state index in [1.54, 1.807) is 13.0 Å². The summed E-state index contributed by atoms with van der Waals surface area (Å²) >= 11 is 5.17. The van der Waals surface area contributed by atoms with Crippen LogP contribution >= 0.6 is 12.2 Å². The van der Waals surface area contributed by atoms with Gasteiger partial charge in [-0.3, -0.25) is 4.79 Å². The van der Waals surface area contributed by atoms with Crippen molar-refractivity contribution in [3.05, 3.63) is 23.2 Å². The van der Waals surface area contributed by atoms with Crippen molar-refractivity contribution in [2.45, 2.75) is 51.5 Å². The van der Waals surface area contributed by atoms with Crippen LogP contribution in [0, 0.1) is 13.8 Å². The van der Waals surface area contributed by atoms with Crippen molar-refractivity contribution in [1.82, 2.24) is 5.32 Å². The van der Waals surface area contributed by atoms with Crippen molar-refractivity contribution in [2.75, 3.05) is 0 Å². The van der Waals surface area contributed by atoms with Crippen LogP contribution in [0.2, 0.25) is 0 Å². The Morgan fingerprint density at radius 1 is 1.37 bits per heavy atom. The lowest BCUT2D eigenvalue weighted by atomic mass is 9.81. The first-order valence-corrected chi connectivity index (χ1v) is 7.05. The molecule has 1 amide bonds. The molecule has 0 unspecified atom stereocenters. The average Bonchev–Trinajstić information content (AvgIpc) is 2.69. The summed E-state index contributed by atoms with van der Waals surface area (Å²) in [7, 11) is 0. The standard InChI is InChI=1S/C14H20N2O2S/c1-9-8-11(10(2)18-9)12(17)16-14(13(15)19)6-4-3-5-7-14/h8H,3-7H2,1-2H3,(H2,15,19)(H,16,17). The molecule has 1 fully saturated rings. The van der Waals surface area contributed by atoms with Crippen molar-refractivity contribution < 1.29 is 9.21 Å². The highest BCUT2D eigenvalue weighted by molar-refractivity contribution is 7.80. The molecule has 0 bridgehead atoms. The predicted octanol–water partition coefficient (Wildman–Crippen LogP) is 2.62. The third-order valence-corrected chi connectivity index (χ3v) is 4.21. The lowest BCUT2D eigenvalue weighted by molar-refractivity contribution is 0.0907. The lowest BCUT2D eigenvalue weighted by Crippen LogP contribution is -2.57. The topological polar surface area (TPSA) is 68.3 Å². The van der Waals surface area contributed by atoms with Gasteiger partial charge >= 0.3 is 0 Å². The van der Waals surface area contributed by atoms with E-state index in [9.17, 15) is 4.79 Å². The highest BCUT2D eigenvalue weighted by Crippen LogP contribution is 2.29. The SMILES string of the molecule is Cc1cc(C(=O)NC2(C(N)=S)CCCCC2)c(C)o1. The van der Waals surface area contributed by atoms with Gasteiger partial charge in [0.1, 0.15) is 11.5 Å². The van der Waals surface area contributed by atoms with Gasteiger partial charge < -0.3 is 15.5 Å². The number of hydrogen-bond donors (Lipinski definition) is 2. The predicted molar refractivity (Wildman–Crippen MR) is 78.2 cm³/mol. The van der Waals surface area contributed by atoms with Gasteiger partial charge in [0.15, 0.2) is 0 Å². The van der Waals surface area contributed by atoms with E-state index in [0.717, 1.165) is 31.4 Å². The summed E-state index contributed by atoms with van der Waals surface area (Å²) < 4.78 is 5.39. The van der Waals surface area contributed by atoms with E-state index in [-0.39, 0.29) is 5.91 Å². The van der Waals surface area contributed by atoms with E-state index in [2.05, 4.69) is 5.32 Å². The summed E-state index contributed by atoms with van der Waals surface area (Å²) in [4.78, 5) is 12.8. The van der Waals surface area contributed by atoms with Crippen LogP contribution in [0.3, 0.4) is 0 Å². The quantitative estimate of drug-likeness (QED) is 0.835. The molecular formula is C14H20N2O2S. The third kappa shape index (κ3) is 2.81. The van der Waals surface area contributed by atoms with Gasteiger partial charge in [-0.05, 0) is 32.8 Å². The maximum atomic E-state index is 12.4. The molecule has 1 aromatic rings. The van der Waals surface area contributed by atoms with Gasteiger partial charge in [-0.15, -0.1) is 0 Å². The molecule has 4 nitrogen and oxygen atoms in total. The van der Waals surface area contributed by atoms with E-state index < -0.39 is 5.54 Å². The monoisotopic (exact) mass is 280 g/mol. The number of carbonyl (C=O) groups excluding carboxylic acids is 1. The van der Waals surface area contributed by atoms with Gasteiger partial charge in [0.25, 0.3) is 5.91 Å². The molecule has 1 aliphatic rings. The Morgan fingerprint density at radius 3 is 2.47 bits per heavy atom. The van der Waals surface area contributed by atoms with Gasteiger partial charge in [-0.2, -0.15) is 0 Å². The van der Waals surface area contributed by atoms with Crippen LogP contribution in [-0.4, -0.2) is 16.4 Å². The van der Waals surface area contributed by atoms with Crippen LogP contribution in [0.15, 0.2) is 10.5 Å². The maximum Gasteiger partial charge on any atom is 0.255 e. The van der Waals surface area contributed by atoms with Crippen molar-refractivity contribution in [2.24, 2.45) is 5.73 Å². The first-order valence-electron chi connectivity index (χ1n) is 6.64. The molecule has 0 saturated heterocycles. The lowest BCUT2D eigenvalue weighted by Gasteiger charge is -2.37. The summed E-state index contributed by atoms with van der Waals surface area (Å²) in [5, 5.41) is 3.04. The molecule has 0 radical (unpaired) electrons. The van der Waals surface area contributed by atoms with Gasteiger partial charge in [-0.1, -0.05) is 31.5 Å². The number of aryl methyl sites for hydroxylation is 2. The molecule has 2 rings (SSSR count). The molecule has 19 heavy (non-hydrogen) atoms. The van der Waals surface area contributed by atoms with Gasteiger partial charge in [-0.25, -0.2) is 0 Å². The Kier molecular flexibility index (Phi) is 3.94. The first-order chi connectivity index (χ1) is 8.94. The molecule has 1 saturated carbocycles. The van der Waals surface area contributed by atoms with E-state index in [4.69, 9.17) is 22.4 Å². The number of nitrogens with two attached hydrogens (primary N) is 1. The Hall–Kier alpha value is -1.36. The van der Waals surface area contributed by atoms with Crippen LogP contribution in [0.4, 0.5) is 0 Å². The van der Waals surface area contributed by atoms with Crippen LogP contribution in [0.25, 0.3) is 0 Å². The zero-order chi connectivity index (χ0) is 14.0. The fourth-order valence-corrected chi connectivity index (χ4v) is 2.98. The number of rotatable bonds is 3. The van der Waals surface area contributed by atoms with E-state index in [1.807, 2.05) is 6.92 Å². The van der Waals surface area contributed by atoms with Crippen LogP contribution in [0.5, 0.6) is 0 Å². The van der Waals surface area contributed by atoms with Gasteiger partial charge in [0, 0.05) is 0 Å². The molecule has 0 aliphatic heterocycles. The Balaban J connectivity index is 2.20. The van der Waals surface area contributed by atoms with E-state index >= 15 is 0 Å². The minimum absolute atomic E-state index is 0.149. The molecule has 0 atom stereocenters. The van der Waals surface area contributed by atoms with Gasteiger partial charge in [0.05, 0.1) is 16.1 Å². The summed E-state index contributed by atoms with van der Waals surface area (Å²) in [6, 6.07) is 1.75. The van der Waals surface area contributed by atoms with E-state index in [1.165, 1.54) is 6.42 Å². The summed E-state index contributed by atoms with van der Waals surface area (Å²) in [5.41, 5.74) is 5.91. The molecule has 0 spiro atoms.